The van der Waals surface area contributed by atoms with Crippen LogP contribution in [0.4, 0.5) is 4.79 Å². The van der Waals surface area contributed by atoms with E-state index in [1.807, 2.05) is 48.7 Å². The van der Waals surface area contributed by atoms with Crippen LogP contribution in [0.5, 0.6) is 0 Å². The normalized spacial score (nSPS) is 16.8. The second kappa shape index (κ2) is 6.40. The summed E-state index contributed by atoms with van der Waals surface area (Å²) >= 11 is 6.02. The van der Waals surface area contributed by atoms with E-state index in [0.717, 1.165) is 32.2 Å². The van der Waals surface area contributed by atoms with Gasteiger partial charge in [-0.2, -0.15) is 0 Å². The van der Waals surface area contributed by atoms with E-state index in [1.165, 1.54) is 4.90 Å². The topological polar surface area (TPSA) is 37.4 Å². The third-order valence-corrected chi connectivity index (χ3v) is 5.97. The van der Waals surface area contributed by atoms with Crippen LogP contribution in [0.15, 0.2) is 45.1 Å². The third kappa shape index (κ3) is 3.04. The average molecular weight is 394 g/mol. The minimum Gasteiger partial charge on any atom is -0.268 e. The van der Waals surface area contributed by atoms with Gasteiger partial charge in [0.1, 0.15) is 0 Å². The van der Waals surface area contributed by atoms with Gasteiger partial charge in [0.25, 0.3) is 11.1 Å². The fourth-order valence-corrected chi connectivity index (χ4v) is 4.25. The van der Waals surface area contributed by atoms with Gasteiger partial charge in [-0.25, -0.2) is 0 Å². The average Bonchev–Trinajstić information content (AvgIpc) is 3.00. The van der Waals surface area contributed by atoms with Crippen LogP contribution in [-0.4, -0.2) is 16.0 Å². The number of nitrogens with zero attached hydrogens (tertiary/aromatic N) is 1. The van der Waals surface area contributed by atoms with Crippen LogP contribution in [0.25, 0.3) is 6.08 Å². The molecule has 1 aromatic carbocycles. The molecule has 1 saturated heterocycles. The Hall–Kier alpha value is -1.37. The maximum Gasteiger partial charge on any atom is 0.293 e. The molecule has 0 unspecified atom stereocenters. The molecule has 0 bridgehead atoms. The second-order valence-electron chi connectivity index (χ2n) is 4.83. The number of hydrogen-bond donors (Lipinski definition) is 0. The zero-order valence-corrected chi connectivity index (χ0v) is 14.9. The summed E-state index contributed by atoms with van der Waals surface area (Å²) in [5.41, 5.74) is 2.03. The van der Waals surface area contributed by atoms with Crippen molar-refractivity contribution in [2.75, 3.05) is 0 Å². The number of aryl methyl sites for hydroxylation is 1. The molecule has 2 amide bonds. The Morgan fingerprint density at radius 1 is 1.23 bits per heavy atom. The van der Waals surface area contributed by atoms with Gasteiger partial charge < -0.3 is 0 Å². The van der Waals surface area contributed by atoms with Gasteiger partial charge in [0.2, 0.25) is 0 Å². The highest BCUT2D eigenvalue weighted by Gasteiger charge is 2.35. The molecule has 0 atom stereocenters. The van der Waals surface area contributed by atoms with Gasteiger partial charge in [-0.15, -0.1) is 11.3 Å². The van der Waals surface area contributed by atoms with Gasteiger partial charge in [0, 0.05) is 9.35 Å². The zero-order valence-electron chi connectivity index (χ0n) is 11.7. The summed E-state index contributed by atoms with van der Waals surface area (Å²) in [7, 11) is 0. The summed E-state index contributed by atoms with van der Waals surface area (Å²) in [5.74, 6) is -0.224. The molecule has 0 radical (unpaired) electrons. The maximum atomic E-state index is 12.5. The van der Waals surface area contributed by atoms with Crippen molar-refractivity contribution in [3.8, 4) is 0 Å². The zero-order chi connectivity index (χ0) is 15.7. The van der Waals surface area contributed by atoms with E-state index >= 15 is 0 Å². The van der Waals surface area contributed by atoms with Gasteiger partial charge >= 0.3 is 0 Å². The molecule has 0 aliphatic carbocycles. The van der Waals surface area contributed by atoms with Crippen molar-refractivity contribution in [3.05, 3.63) is 61.1 Å². The summed E-state index contributed by atoms with van der Waals surface area (Å²) in [5, 5.41) is 1.76. The summed E-state index contributed by atoms with van der Waals surface area (Å²) in [6, 6.07) is 9.60. The van der Waals surface area contributed by atoms with Crippen molar-refractivity contribution in [2.45, 2.75) is 13.5 Å². The first-order valence-corrected chi connectivity index (χ1v) is 9.08. The van der Waals surface area contributed by atoms with Gasteiger partial charge in [-0.1, -0.05) is 34.1 Å². The first kappa shape index (κ1) is 15.5. The van der Waals surface area contributed by atoms with Gasteiger partial charge in [-0.3, -0.25) is 14.5 Å². The van der Waals surface area contributed by atoms with Crippen LogP contribution in [0.3, 0.4) is 0 Å². The molecule has 3 nitrogen and oxygen atoms in total. The molecule has 0 saturated carbocycles. The number of carbonyl (C=O) groups is 2. The number of imide groups is 1. The predicted octanol–water partition coefficient (Wildman–Crippen LogP) is 5.06. The maximum absolute atomic E-state index is 12.5. The van der Waals surface area contributed by atoms with Crippen LogP contribution in [0, 0.1) is 6.92 Å². The minimum atomic E-state index is -0.224. The molecule has 22 heavy (non-hydrogen) atoms. The number of amides is 2. The molecule has 1 aromatic heterocycles. The summed E-state index contributed by atoms with van der Waals surface area (Å²) in [6.45, 7) is 2.28. The number of carbonyl (C=O) groups excluding carboxylic acids is 2. The Morgan fingerprint density at radius 3 is 2.68 bits per heavy atom. The van der Waals surface area contributed by atoms with Crippen molar-refractivity contribution in [1.82, 2.24) is 4.90 Å². The lowest BCUT2D eigenvalue weighted by atomic mass is 10.2. The SMILES string of the molecule is Cc1ccsc1/C=C1/SC(=O)N(Cc2ccccc2Br)C1=O. The van der Waals surface area contributed by atoms with Crippen LogP contribution < -0.4 is 0 Å². The highest BCUT2D eigenvalue weighted by atomic mass is 79.9. The Morgan fingerprint density at radius 2 is 2.00 bits per heavy atom. The van der Waals surface area contributed by atoms with Crippen LogP contribution in [0.1, 0.15) is 16.0 Å². The fourth-order valence-electron chi connectivity index (χ4n) is 2.08. The van der Waals surface area contributed by atoms with Gasteiger partial charge in [0.05, 0.1) is 11.4 Å². The lowest BCUT2D eigenvalue weighted by Gasteiger charge is -2.13. The molecular formula is C16H12BrNO2S2. The van der Waals surface area contributed by atoms with E-state index in [2.05, 4.69) is 15.9 Å². The Balaban J connectivity index is 1.85. The number of thiophene rings is 1. The highest BCUT2D eigenvalue weighted by molar-refractivity contribution is 9.10. The lowest BCUT2D eigenvalue weighted by molar-refractivity contribution is -0.123. The quantitative estimate of drug-likeness (QED) is 0.684. The summed E-state index contributed by atoms with van der Waals surface area (Å²) < 4.78 is 0.895. The summed E-state index contributed by atoms with van der Waals surface area (Å²) in [4.78, 5) is 27.4. The van der Waals surface area contributed by atoms with E-state index in [-0.39, 0.29) is 17.7 Å². The Bertz CT molecular complexity index is 782. The Kier molecular flexibility index (Phi) is 4.52. The van der Waals surface area contributed by atoms with Crippen molar-refractivity contribution < 1.29 is 9.59 Å². The first-order valence-electron chi connectivity index (χ1n) is 6.59. The van der Waals surface area contributed by atoms with E-state index in [1.54, 1.807) is 11.3 Å². The number of halogens is 1. The van der Waals surface area contributed by atoms with E-state index in [9.17, 15) is 9.59 Å². The van der Waals surface area contributed by atoms with Gasteiger partial charge in [0.15, 0.2) is 0 Å². The molecule has 112 valence electrons. The highest BCUT2D eigenvalue weighted by Crippen LogP contribution is 2.35. The van der Waals surface area contributed by atoms with E-state index in [4.69, 9.17) is 0 Å². The van der Waals surface area contributed by atoms with Crippen molar-refractivity contribution in [3.63, 3.8) is 0 Å². The number of thioether (sulfide) groups is 1. The first-order chi connectivity index (χ1) is 10.6. The Labute approximate surface area is 145 Å². The van der Waals surface area contributed by atoms with E-state index in [0.29, 0.717) is 4.91 Å². The van der Waals surface area contributed by atoms with E-state index < -0.39 is 0 Å². The van der Waals surface area contributed by atoms with Crippen LogP contribution >= 0.6 is 39.0 Å². The molecule has 2 heterocycles. The van der Waals surface area contributed by atoms with Crippen LogP contribution in [-0.2, 0) is 11.3 Å². The molecule has 0 N–H and O–H groups in total. The molecule has 1 aliphatic rings. The smallest absolute Gasteiger partial charge is 0.268 e. The second-order valence-corrected chi connectivity index (χ2v) is 7.62. The molecule has 3 rings (SSSR count). The summed E-state index contributed by atoms with van der Waals surface area (Å²) in [6.07, 6.45) is 1.81. The minimum absolute atomic E-state index is 0.221. The lowest BCUT2D eigenvalue weighted by Crippen LogP contribution is -2.27. The predicted molar refractivity (Wildman–Crippen MR) is 94.7 cm³/mol. The molecule has 6 heteroatoms. The van der Waals surface area contributed by atoms with Gasteiger partial charge in [-0.05, 0) is 53.4 Å². The molecule has 1 fully saturated rings. The standard InChI is InChI=1S/C16H12BrNO2S2/c1-10-6-7-21-13(10)8-14-15(19)18(16(20)22-14)9-11-4-2-3-5-12(11)17/h2-8H,9H2,1H3/b14-8+. The van der Waals surface area contributed by atoms with Crippen molar-refractivity contribution in [1.29, 1.82) is 0 Å². The number of rotatable bonds is 3. The largest absolute Gasteiger partial charge is 0.293 e. The fraction of sp³-hybridized carbons (Fsp3) is 0.125. The molecule has 0 spiro atoms. The molecule has 1 aliphatic heterocycles. The number of benzene rings is 1. The van der Waals surface area contributed by atoms with Crippen molar-refractivity contribution in [2.24, 2.45) is 0 Å². The number of hydrogen-bond acceptors (Lipinski definition) is 4. The third-order valence-electron chi connectivity index (χ3n) is 3.32. The molecule has 2 aromatic rings. The molecular weight excluding hydrogens is 382 g/mol. The van der Waals surface area contributed by atoms with Crippen molar-refractivity contribution >= 4 is 56.3 Å². The monoisotopic (exact) mass is 393 g/mol. The van der Waals surface area contributed by atoms with Crippen LogP contribution in [0.2, 0.25) is 0 Å².